The minimum Gasteiger partial charge on any atom is -0.302 e. The molecule has 0 unspecified atom stereocenters. The zero-order chi connectivity index (χ0) is 8.27. The molecule has 0 N–H and O–H groups in total. The second-order valence-electron chi connectivity index (χ2n) is 2.44. The third kappa shape index (κ3) is 1.57. The van der Waals surface area contributed by atoms with Crippen LogP contribution in [-0.4, -0.2) is 41.8 Å². The van der Waals surface area contributed by atoms with Crippen molar-refractivity contribution in [1.82, 2.24) is 10.0 Å². The Balaban J connectivity index is 2.53. The van der Waals surface area contributed by atoms with E-state index >= 15 is 0 Å². The molecule has 0 spiro atoms. The largest absolute Gasteiger partial charge is 0.302 e. The average Bonchev–Trinajstić information content (AvgIpc) is 2.33. The molecular formula is C7H12N2O2. The molecule has 1 heterocycles. The summed E-state index contributed by atoms with van der Waals surface area (Å²) in [4.78, 5) is 21.2. The summed E-state index contributed by atoms with van der Waals surface area (Å²) in [5.74, 6) is 0.120. The molecule has 1 saturated heterocycles. The molecule has 0 saturated carbocycles. The molecule has 1 rings (SSSR count). The van der Waals surface area contributed by atoms with Crippen LogP contribution in [0.25, 0.3) is 0 Å². The number of rotatable bonds is 3. The fourth-order valence-corrected chi connectivity index (χ4v) is 1.28. The van der Waals surface area contributed by atoms with Crippen molar-refractivity contribution in [2.24, 2.45) is 0 Å². The lowest BCUT2D eigenvalue weighted by Crippen LogP contribution is -2.39. The van der Waals surface area contributed by atoms with Crippen LogP contribution in [0.15, 0.2) is 0 Å². The minimum atomic E-state index is 0.120. The zero-order valence-corrected chi connectivity index (χ0v) is 6.62. The summed E-state index contributed by atoms with van der Waals surface area (Å²) in [6.45, 7) is 3.58. The predicted octanol–water partition coefficient (Wildman–Crippen LogP) is -0.346. The third-order valence-electron chi connectivity index (χ3n) is 1.80. The van der Waals surface area contributed by atoms with E-state index in [1.54, 1.807) is 10.0 Å². The molecule has 62 valence electrons. The number of amides is 1. The molecule has 0 bridgehead atoms. The van der Waals surface area contributed by atoms with Crippen LogP contribution >= 0.6 is 0 Å². The second-order valence-corrected chi connectivity index (χ2v) is 2.44. The summed E-state index contributed by atoms with van der Waals surface area (Å²) in [7, 11) is 0. The van der Waals surface area contributed by atoms with E-state index in [2.05, 4.69) is 0 Å². The van der Waals surface area contributed by atoms with Crippen LogP contribution in [-0.2, 0) is 9.59 Å². The van der Waals surface area contributed by atoms with Crippen LogP contribution in [0.4, 0.5) is 0 Å². The van der Waals surface area contributed by atoms with Gasteiger partial charge in [0.05, 0.1) is 6.54 Å². The molecule has 0 aromatic rings. The first-order valence-corrected chi connectivity index (χ1v) is 3.78. The molecule has 4 heteroatoms. The van der Waals surface area contributed by atoms with Gasteiger partial charge in [0.2, 0.25) is 5.91 Å². The molecular weight excluding hydrogens is 144 g/mol. The highest BCUT2D eigenvalue weighted by atomic mass is 16.2. The third-order valence-corrected chi connectivity index (χ3v) is 1.80. The molecule has 0 aliphatic carbocycles. The van der Waals surface area contributed by atoms with Gasteiger partial charge in [-0.2, -0.15) is 0 Å². The van der Waals surface area contributed by atoms with Crippen molar-refractivity contribution >= 4 is 12.2 Å². The summed E-state index contributed by atoms with van der Waals surface area (Å²) in [5.41, 5.74) is 0. The number of hydrogen-bond donors (Lipinski definition) is 0. The Morgan fingerprint density at radius 1 is 1.64 bits per heavy atom. The molecule has 1 aliphatic rings. The first-order valence-electron chi connectivity index (χ1n) is 3.78. The Labute approximate surface area is 65.7 Å². The van der Waals surface area contributed by atoms with Gasteiger partial charge >= 0.3 is 0 Å². The first-order chi connectivity index (χ1) is 5.29. The lowest BCUT2D eigenvalue weighted by Gasteiger charge is -2.24. The maximum absolute atomic E-state index is 11.1. The van der Waals surface area contributed by atoms with E-state index in [0.29, 0.717) is 26.1 Å². The Bertz CT molecular complexity index is 170. The molecule has 0 aromatic heterocycles. The highest BCUT2D eigenvalue weighted by Crippen LogP contribution is 2.09. The number of hydrazine groups is 1. The van der Waals surface area contributed by atoms with Crippen LogP contribution in [0.2, 0.25) is 0 Å². The number of aldehydes is 1. The summed E-state index contributed by atoms with van der Waals surface area (Å²) < 4.78 is 0. The molecule has 1 aliphatic heterocycles. The van der Waals surface area contributed by atoms with Gasteiger partial charge in [0.15, 0.2) is 0 Å². The van der Waals surface area contributed by atoms with Crippen LogP contribution in [0.3, 0.4) is 0 Å². The maximum atomic E-state index is 11.1. The van der Waals surface area contributed by atoms with Crippen molar-refractivity contribution in [2.45, 2.75) is 13.3 Å². The standard InChI is InChI=1S/C7H12N2O2/c1-2-9-7(11)3-4-8(9)5-6-10/h6H,2-5H2,1H3. The number of carbonyl (C=O) groups excluding carboxylic acids is 2. The SMILES string of the molecule is CCN1C(=O)CCN1CC=O. The summed E-state index contributed by atoms with van der Waals surface area (Å²) >= 11 is 0. The molecule has 4 nitrogen and oxygen atoms in total. The Hall–Kier alpha value is -0.900. The highest BCUT2D eigenvalue weighted by molar-refractivity contribution is 5.78. The summed E-state index contributed by atoms with van der Waals surface area (Å²) in [6.07, 6.45) is 1.36. The normalized spacial score (nSPS) is 19.4. The maximum Gasteiger partial charge on any atom is 0.238 e. The Kier molecular flexibility index (Phi) is 2.59. The predicted molar refractivity (Wildman–Crippen MR) is 39.6 cm³/mol. The van der Waals surface area contributed by atoms with Crippen LogP contribution in [0.5, 0.6) is 0 Å². The van der Waals surface area contributed by atoms with Gasteiger partial charge in [-0.3, -0.25) is 9.80 Å². The molecule has 0 aromatic carbocycles. The number of nitrogens with zero attached hydrogens (tertiary/aromatic N) is 2. The topological polar surface area (TPSA) is 40.6 Å². The van der Waals surface area contributed by atoms with Crippen LogP contribution in [0, 0.1) is 0 Å². The van der Waals surface area contributed by atoms with E-state index in [-0.39, 0.29) is 5.91 Å². The first kappa shape index (κ1) is 8.20. The summed E-state index contributed by atoms with van der Waals surface area (Å²) in [5, 5.41) is 3.39. The van der Waals surface area contributed by atoms with Crippen molar-refractivity contribution < 1.29 is 9.59 Å². The van der Waals surface area contributed by atoms with Crippen molar-refractivity contribution in [3.05, 3.63) is 0 Å². The van der Waals surface area contributed by atoms with E-state index in [1.165, 1.54) is 0 Å². The minimum absolute atomic E-state index is 0.120. The highest BCUT2D eigenvalue weighted by Gasteiger charge is 2.26. The van der Waals surface area contributed by atoms with Crippen molar-refractivity contribution in [3.8, 4) is 0 Å². The van der Waals surface area contributed by atoms with Gasteiger partial charge in [-0.1, -0.05) is 0 Å². The molecule has 1 fully saturated rings. The van der Waals surface area contributed by atoms with Gasteiger partial charge in [0.1, 0.15) is 6.29 Å². The van der Waals surface area contributed by atoms with Gasteiger partial charge in [0.25, 0.3) is 0 Å². The lowest BCUT2D eigenvalue weighted by atomic mass is 10.4. The summed E-state index contributed by atoms with van der Waals surface area (Å²) in [6, 6.07) is 0. The number of carbonyl (C=O) groups is 2. The molecule has 1 amide bonds. The van der Waals surface area contributed by atoms with Gasteiger partial charge in [0, 0.05) is 19.5 Å². The lowest BCUT2D eigenvalue weighted by molar-refractivity contribution is -0.138. The fraction of sp³-hybridized carbons (Fsp3) is 0.714. The quantitative estimate of drug-likeness (QED) is 0.525. The van der Waals surface area contributed by atoms with Gasteiger partial charge in [-0.15, -0.1) is 0 Å². The van der Waals surface area contributed by atoms with E-state index in [4.69, 9.17) is 0 Å². The van der Waals surface area contributed by atoms with Crippen molar-refractivity contribution in [2.75, 3.05) is 19.6 Å². The van der Waals surface area contributed by atoms with Gasteiger partial charge < -0.3 is 4.79 Å². The van der Waals surface area contributed by atoms with Crippen LogP contribution in [0.1, 0.15) is 13.3 Å². The second kappa shape index (κ2) is 3.48. The Morgan fingerprint density at radius 3 is 2.91 bits per heavy atom. The molecule has 11 heavy (non-hydrogen) atoms. The van der Waals surface area contributed by atoms with Crippen molar-refractivity contribution in [1.29, 1.82) is 0 Å². The Morgan fingerprint density at radius 2 is 2.36 bits per heavy atom. The van der Waals surface area contributed by atoms with E-state index in [9.17, 15) is 9.59 Å². The number of hydrogen-bond acceptors (Lipinski definition) is 3. The van der Waals surface area contributed by atoms with E-state index in [1.807, 2.05) is 6.92 Å². The zero-order valence-electron chi connectivity index (χ0n) is 6.62. The smallest absolute Gasteiger partial charge is 0.238 e. The fourth-order valence-electron chi connectivity index (χ4n) is 1.28. The van der Waals surface area contributed by atoms with Crippen LogP contribution < -0.4 is 0 Å². The monoisotopic (exact) mass is 156 g/mol. The van der Waals surface area contributed by atoms with Crippen molar-refractivity contribution in [3.63, 3.8) is 0 Å². The van der Waals surface area contributed by atoms with Gasteiger partial charge in [-0.05, 0) is 6.92 Å². The van der Waals surface area contributed by atoms with E-state index in [0.717, 1.165) is 6.29 Å². The average molecular weight is 156 g/mol. The molecule has 0 radical (unpaired) electrons. The molecule has 0 atom stereocenters. The van der Waals surface area contributed by atoms with E-state index < -0.39 is 0 Å². The van der Waals surface area contributed by atoms with Gasteiger partial charge in [-0.25, -0.2) is 5.01 Å².